The molecule has 2 atom stereocenters. The minimum atomic E-state index is -4.98. The van der Waals surface area contributed by atoms with Crippen molar-refractivity contribution in [2.24, 2.45) is 0 Å². The van der Waals surface area contributed by atoms with Crippen molar-refractivity contribution in [3.05, 3.63) is 53.1 Å². The molecule has 38 heavy (non-hydrogen) atoms. The van der Waals surface area contributed by atoms with Crippen LogP contribution in [0.15, 0.2) is 36.4 Å². The third-order valence-corrected chi connectivity index (χ3v) is 7.23. The number of piperazine rings is 1. The Morgan fingerprint density at radius 1 is 0.921 bits per heavy atom. The zero-order valence-corrected chi connectivity index (χ0v) is 20.4. The first-order valence-electron chi connectivity index (χ1n) is 12.4. The molecule has 6 nitrogen and oxygen atoms in total. The zero-order valence-electron chi connectivity index (χ0n) is 20.4. The number of rotatable bonds is 6. The topological polar surface area (TPSA) is 54.0 Å². The number of Topliss-reactive ketones (excluding diaryl/α,β-unsaturated/α-hetero) is 1. The number of nitrogens with zero attached hydrogens (tertiary/aromatic N) is 2. The number of ketones is 1. The van der Waals surface area contributed by atoms with E-state index in [1.807, 2.05) is 4.90 Å². The van der Waals surface area contributed by atoms with Crippen LogP contribution >= 0.6 is 0 Å². The molecule has 0 aliphatic carbocycles. The molecule has 12 heteroatoms. The summed E-state index contributed by atoms with van der Waals surface area (Å²) in [7, 11) is 0. The second-order valence-electron chi connectivity index (χ2n) is 9.75. The molecule has 0 radical (unpaired) electrons. The number of ether oxygens (including phenoxy) is 2. The molecule has 0 spiro atoms. The van der Waals surface area contributed by atoms with Gasteiger partial charge in [-0.05, 0) is 55.3 Å². The maximum Gasteiger partial charge on any atom is 0.416 e. The van der Waals surface area contributed by atoms with Crippen molar-refractivity contribution in [3.63, 3.8) is 0 Å². The molecule has 1 unspecified atom stereocenters. The lowest BCUT2D eigenvalue weighted by Gasteiger charge is -2.41. The lowest BCUT2D eigenvalue weighted by Crippen LogP contribution is -2.52. The fraction of sp³-hybridized carbons (Fsp3) is 0.500. The number of anilines is 1. The summed E-state index contributed by atoms with van der Waals surface area (Å²) < 4.78 is 90.9. The van der Waals surface area contributed by atoms with Crippen LogP contribution in [0, 0.1) is 0 Å². The average molecular weight is 544 g/mol. The Balaban J connectivity index is 1.41. The number of hydrogen-bond donors (Lipinski definition) is 1. The normalized spacial score (nSPS) is 21.2. The van der Waals surface area contributed by atoms with E-state index in [0.717, 1.165) is 25.9 Å². The third kappa shape index (κ3) is 5.70. The number of carbonyl (C=O) groups excluding carboxylic acids is 1. The predicted octanol–water partition coefficient (Wildman–Crippen LogP) is 5.00. The molecular weight excluding hydrogens is 516 g/mol. The summed E-state index contributed by atoms with van der Waals surface area (Å²) >= 11 is 0. The van der Waals surface area contributed by atoms with Gasteiger partial charge in [0.1, 0.15) is 13.2 Å². The summed E-state index contributed by atoms with van der Waals surface area (Å²) in [5.74, 6) is 0.666. The van der Waals surface area contributed by atoms with E-state index in [0.29, 0.717) is 61.5 Å². The second-order valence-corrected chi connectivity index (χ2v) is 9.75. The minimum Gasteiger partial charge on any atom is -0.486 e. The first-order chi connectivity index (χ1) is 18.0. The molecule has 3 aliphatic heterocycles. The Morgan fingerprint density at radius 3 is 2.29 bits per heavy atom. The van der Waals surface area contributed by atoms with Crippen LogP contribution in [0.1, 0.15) is 35.6 Å². The molecule has 3 aliphatic rings. The van der Waals surface area contributed by atoms with Gasteiger partial charge in [-0.2, -0.15) is 26.3 Å². The van der Waals surface area contributed by atoms with Gasteiger partial charge < -0.3 is 14.8 Å². The quantitative estimate of drug-likeness (QED) is 0.518. The lowest BCUT2D eigenvalue weighted by atomic mass is 9.97. The molecular formula is C26H27F6N3O3. The van der Waals surface area contributed by atoms with Crippen molar-refractivity contribution >= 4 is 11.5 Å². The van der Waals surface area contributed by atoms with Crippen LogP contribution in [0.3, 0.4) is 0 Å². The van der Waals surface area contributed by atoms with Gasteiger partial charge in [-0.3, -0.25) is 14.6 Å². The van der Waals surface area contributed by atoms with Crippen molar-refractivity contribution < 1.29 is 40.6 Å². The standard InChI is InChI=1S/C26H27F6N3O3/c27-25(28,29)17-11-18(26(30,31)32)13-19(12-17)33-14-21(36)24(35-7-6-34-5-1-2-20(34)15-35)16-3-4-22-23(10-16)38-9-8-37-22/h3-4,10-13,20,24,33H,1-2,5-9,14-15H2/t20-,24?/m1/s1. The zero-order chi connectivity index (χ0) is 27.1. The number of nitrogens with one attached hydrogen (secondary N) is 1. The minimum absolute atomic E-state index is 0.0616. The molecule has 0 bridgehead atoms. The Hall–Kier alpha value is -2.99. The molecule has 2 aromatic rings. The van der Waals surface area contributed by atoms with Crippen LogP contribution in [-0.2, 0) is 17.1 Å². The fourth-order valence-corrected chi connectivity index (χ4v) is 5.42. The van der Waals surface area contributed by atoms with Crippen molar-refractivity contribution in [1.29, 1.82) is 0 Å². The smallest absolute Gasteiger partial charge is 0.416 e. The SMILES string of the molecule is O=C(CNc1cc(C(F)(F)F)cc(C(F)(F)F)c1)C(c1ccc2c(c1)OCCO2)N1CCN2CCC[C@@H]2C1. The summed E-state index contributed by atoms with van der Waals surface area (Å²) in [6, 6.07) is 5.96. The van der Waals surface area contributed by atoms with E-state index in [2.05, 4.69) is 10.2 Å². The van der Waals surface area contributed by atoms with E-state index < -0.39 is 41.8 Å². The molecule has 3 heterocycles. The first kappa shape index (κ1) is 26.6. The Bertz CT molecular complexity index is 1150. The van der Waals surface area contributed by atoms with Crippen molar-refractivity contribution in [2.75, 3.05) is 51.3 Å². The highest BCUT2D eigenvalue weighted by molar-refractivity contribution is 5.89. The predicted molar refractivity (Wildman–Crippen MR) is 126 cm³/mol. The summed E-state index contributed by atoms with van der Waals surface area (Å²) in [5, 5.41) is 2.52. The van der Waals surface area contributed by atoms with E-state index >= 15 is 0 Å². The molecule has 2 fully saturated rings. The Labute approximate surface area is 215 Å². The monoisotopic (exact) mass is 543 g/mol. The van der Waals surface area contributed by atoms with Gasteiger partial charge in [-0.25, -0.2) is 0 Å². The summed E-state index contributed by atoms with van der Waals surface area (Å²) in [6.45, 7) is 3.31. The van der Waals surface area contributed by atoms with E-state index in [1.165, 1.54) is 0 Å². The van der Waals surface area contributed by atoms with Gasteiger partial charge >= 0.3 is 12.4 Å². The average Bonchev–Trinajstić information content (AvgIpc) is 3.34. The van der Waals surface area contributed by atoms with E-state index in [9.17, 15) is 31.1 Å². The Kier molecular flexibility index (Phi) is 7.21. The van der Waals surface area contributed by atoms with Gasteiger partial charge in [-0.15, -0.1) is 0 Å². The lowest BCUT2D eigenvalue weighted by molar-refractivity contribution is -0.143. The third-order valence-electron chi connectivity index (χ3n) is 7.23. The van der Waals surface area contributed by atoms with Gasteiger partial charge in [0.25, 0.3) is 0 Å². The van der Waals surface area contributed by atoms with E-state index in [-0.39, 0.29) is 11.8 Å². The highest BCUT2D eigenvalue weighted by Crippen LogP contribution is 2.39. The van der Waals surface area contributed by atoms with Gasteiger partial charge in [0, 0.05) is 31.4 Å². The van der Waals surface area contributed by atoms with E-state index in [4.69, 9.17) is 9.47 Å². The number of benzene rings is 2. The number of hydrogen-bond acceptors (Lipinski definition) is 6. The fourth-order valence-electron chi connectivity index (χ4n) is 5.42. The molecule has 1 N–H and O–H groups in total. The van der Waals surface area contributed by atoms with Crippen LogP contribution in [0.4, 0.5) is 32.0 Å². The van der Waals surface area contributed by atoms with E-state index in [1.54, 1.807) is 18.2 Å². The molecule has 2 aromatic carbocycles. The maximum atomic E-state index is 13.6. The summed E-state index contributed by atoms with van der Waals surface area (Å²) in [5.41, 5.74) is -2.68. The van der Waals surface area contributed by atoms with Crippen LogP contribution < -0.4 is 14.8 Å². The second kappa shape index (κ2) is 10.3. The van der Waals surface area contributed by atoms with Crippen LogP contribution in [0.5, 0.6) is 11.5 Å². The molecule has 0 aromatic heterocycles. The van der Waals surface area contributed by atoms with Gasteiger partial charge in [0.05, 0.1) is 23.7 Å². The molecule has 0 saturated carbocycles. The van der Waals surface area contributed by atoms with Crippen LogP contribution in [0.25, 0.3) is 0 Å². The van der Waals surface area contributed by atoms with Crippen molar-refractivity contribution in [1.82, 2.24) is 9.80 Å². The van der Waals surface area contributed by atoms with Crippen LogP contribution in [0.2, 0.25) is 0 Å². The van der Waals surface area contributed by atoms with Gasteiger partial charge in [0.15, 0.2) is 17.3 Å². The number of alkyl halides is 6. The first-order valence-corrected chi connectivity index (χ1v) is 12.4. The summed E-state index contributed by atoms with van der Waals surface area (Å²) in [4.78, 5) is 18.0. The summed E-state index contributed by atoms with van der Waals surface area (Å²) in [6.07, 6.45) is -7.88. The highest BCUT2D eigenvalue weighted by Gasteiger charge is 2.39. The van der Waals surface area contributed by atoms with Crippen molar-refractivity contribution in [3.8, 4) is 11.5 Å². The van der Waals surface area contributed by atoms with Gasteiger partial charge in [-0.1, -0.05) is 6.07 Å². The number of halogens is 6. The number of carbonyl (C=O) groups is 1. The Morgan fingerprint density at radius 2 is 1.61 bits per heavy atom. The van der Waals surface area contributed by atoms with Crippen LogP contribution in [-0.4, -0.2) is 67.6 Å². The highest BCUT2D eigenvalue weighted by atomic mass is 19.4. The van der Waals surface area contributed by atoms with Crippen molar-refractivity contribution in [2.45, 2.75) is 37.3 Å². The molecule has 5 rings (SSSR count). The molecule has 206 valence electrons. The maximum absolute atomic E-state index is 13.6. The molecule has 0 amide bonds. The molecule has 2 saturated heterocycles. The largest absolute Gasteiger partial charge is 0.486 e. The number of fused-ring (bicyclic) bond motifs is 2. The van der Waals surface area contributed by atoms with Gasteiger partial charge in [0.2, 0.25) is 0 Å².